The van der Waals surface area contributed by atoms with Crippen LogP contribution in [0.25, 0.3) is 0 Å². The zero-order valence-corrected chi connectivity index (χ0v) is 8.35. The van der Waals surface area contributed by atoms with Crippen molar-refractivity contribution in [1.82, 2.24) is 0 Å². The molecule has 0 bridgehead atoms. The molecular weight excluding hydrogens is 215 g/mol. The molecule has 0 aliphatic rings. The number of rotatable bonds is 2. The highest BCUT2D eigenvalue weighted by molar-refractivity contribution is 6.32. The molecule has 13 heavy (non-hydrogen) atoms. The third-order valence-corrected chi connectivity index (χ3v) is 1.70. The third-order valence-electron chi connectivity index (χ3n) is 1.40. The number of carboxylic acids is 1. The zero-order valence-electron chi connectivity index (χ0n) is 6.78. The average Bonchev–Trinajstić information content (AvgIpc) is 2.03. The van der Waals surface area contributed by atoms with Gasteiger partial charge in [0.2, 0.25) is 0 Å². The highest BCUT2D eigenvalue weighted by atomic mass is 35.5. The largest absolute Gasteiger partial charge is 0.494 e. The minimum atomic E-state index is -1.05. The summed E-state index contributed by atoms with van der Waals surface area (Å²) in [5, 5.41) is 8.99. The van der Waals surface area contributed by atoms with Crippen LogP contribution in [0.15, 0.2) is 18.2 Å². The van der Waals surface area contributed by atoms with Crippen molar-refractivity contribution in [3.8, 4) is 5.75 Å². The molecule has 72 valence electrons. The Morgan fingerprint density at radius 1 is 1.54 bits per heavy atom. The van der Waals surface area contributed by atoms with E-state index in [0.29, 0.717) is 5.02 Å². The minimum Gasteiger partial charge on any atom is -0.494 e. The van der Waals surface area contributed by atoms with Gasteiger partial charge in [-0.05, 0) is 12.1 Å². The Kier molecular flexibility index (Phi) is 4.59. The molecule has 0 aromatic heterocycles. The number of methoxy groups -OCH3 is 1. The van der Waals surface area contributed by atoms with Gasteiger partial charge in [-0.3, -0.25) is 0 Å². The quantitative estimate of drug-likeness (QED) is 0.837. The number of aromatic carboxylic acids is 1. The molecule has 0 fully saturated rings. The number of halogens is 2. The molecule has 0 amide bonds. The number of hydrogen-bond acceptors (Lipinski definition) is 2. The van der Waals surface area contributed by atoms with Gasteiger partial charge < -0.3 is 9.84 Å². The van der Waals surface area contributed by atoms with Gasteiger partial charge in [0.05, 0.1) is 12.1 Å². The van der Waals surface area contributed by atoms with Gasteiger partial charge in [-0.25, -0.2) is 4.79 Å². The van der Waals surface area contributed by atoms with E-state index >= 15 is 0 Å². The molecule has 0 aliphatic carbocycles. The van der Waals surface area contributed by atoms with E-state index in [-0.39, 0.29) is 23.7 Å². The van der Waals surface area contributed by atoms with Gasteiger partial charge in [-0.1, -0.05) is 17.7 Å². The monoisotopic (exact) mass is 222 g/mol. The summed E-state index contributed by atoms with van der Waals surface area (Å²) in [6, 6.07) is 4.58. The summed E-state index contributed by atoms with van der Waals surface area (Å²) in [6.45, 7) is 0. The number of para-hydroxylation sites is 1. The number of ether oxygens (including phenoxy) is 1. The maximum atomic E-state index is 10.6. The second-order valence-corrected chi connectivity index (χ2v) is 2.53. The van der Waals surface area contributed by atoms with Crippen molar-refractivity contribution in [2.24, 2.45) is 0 Å². The fraction of sp³-hybridized carbons (Fsp3) is 0.125. The lowest BCUT2D eigenvalue weighted by Gasteiger charge is -2.05. The average molecular weight is 223 g/mol. The Bertz CT molecular complexity index is 312. The van der Waals surface area contributed by atoms with Gasteiger partial charge in [0.25, 0.3) is 0 Å². The first-order valence-electron chi connectivity index (χ1n) is 3.22. The first-order chi connectivity index (χ1) is 5.66. The second kappa shape index (κ2) is 4.94. The van der Waals surface area contributed by atoms with Gasteiger partial charge in [0, 0.05) is 0 Å². The van der Waals surface area contributed by atoms with Crippen LogP contribution in [0, 0.1) is 0 Å². The minimum absolute atomic E-state index is 0. The summed E-state index contributed by atoms with van der Waals surface area (Å²) in [6.07, 6.45) is 0. The van der Waals surface area contributed by atoms with Crippen molar-refractivity contribution in [3.63, 3.8) is 0 Å². The van der Waals surface area contributed by atoms with Crippen molar-refractivity contribution in [1.29, 1.82) is 0 Å². The molecule has 1 aromatic rings. The van der Waals surface area contributed by atoms with Crippen LogP contribution in [0.4, 0.5) is 0 Å². The predicted molar refractivity (Wildman–Crippen MR) is 52.2 cm³/mol. The maximum Gasteiger partial charge on any atom is 0.339 e. The molecule has 0 aliphatic heterocycles. The molecule has 1 rings (SSSR count). The third kappa shape index (κ3) is 2.50. The maximum absolute atomic E-state index is 10.6. The SMILES string of the molecule is COc1c(Cl)cccc1C(=O)O.Cl. The summed E-state index contributed by atoms with van der Waals surface area (Å²) in [7, 11) is 1.38. The van der Waals surface area contributed by atoms with E-state index in [9.17, 15) is 4.79 Å². The van der Waals surface area contributed by atoms with Gasteiger partial charge in [-0.2, -0.15) is 0 Å². The van der Waals surface area contributed by atoms with Gasteiger partial charge in [0.1, 0.15) is 5.56 Å². The molecule has 3 nitrogen and oxygen atoms in total. The second-order valence-electron chi connectivity index (χ2n) is 2.13. The van der Waals surface area contributed by atoms with E-state index in [2.05, 4.69) is 0 Å². The predicted octanol–water partition coefficient (Wildman–Crippen LogP) is 2.47. The van der Waals surface area contributed by atoms with Crippen LogP contribution in [0.3, 0.4) is 0 Å². The topological polar surface area (TPSA) is 46.5 Å². The molecule has 1 N–H and O–H groups in total. The summed E-state index contributed by atoms with van der Waals surface area (Å²) in [5.41, 5.74) is 0.0741. The summed E-state index contributed by atoms with van der Waals surface area (Å²) >= 11 is 5.69. The Balaban J connectivity index is 0.00000144. The van der Waals surface area contributed by atoms with Crippen LogP contribution < -0.4 is 4.74 Å². The van der Waals surface area contributed by atoms with Gasteiger partial charge in [-0.15, -0.1) is 12.4 Å². The van der Waals surface area contributed by atoms with Crippen molar-refractivity contribution >= 4 is 30.0 Å². The van der Waals surface area contributed by atoms with Gasteiger partial charge in [0.15, 0.2) is 5.75 Å². The highest BCUT2D eigenvalue weighted by Crippen LogP contribution is 2.27. The van der Waals surface area contributed by atoms with Crippen LogP contribution >= 0.6 is 24.0 Å². The molecule has 0 heterocycles. The Morgan fingerprint density at radius 3 is 2.54 bits per heavy atom. The van der Waals surface area contributed by atoms with Crippen LogP contribution in [0.2, 0.25) is 5.02 Å². The Labute approximate surface area is 86.7 Å². The summed E-state index contributed by atoms with van der Waals surface area (Å²) in [4.78, 5) is 10.6. The van der Waals surface area contributed by atoms with Crippen LogP contribution in [0.5, 0.6) is 5.75 Å². The lowest BCUT2D eigenvalue weighted by molar-refractivity contribution is 0.0693. The zero-order chi connectivity index (χ0) is 9.14. The van der Waals surface area contributed by atoms with Crippen LogP contribution in [0.1, 0.15) is 10.4 Å². The van der Waals surface area contributed by atoms with E-state index in [0.717, 1.165) is 0 Å². The van der Waals surface area contributed by atoms with Crippen molar-refractivity contribution in [3.05, 3.63) is 28.8 Å². The summed E-state index contributed by atoms with van der Waals surface area (Å²) < 4.78 is 4.82. The lowest BCUT2D eigenvalue weighted by atomic mass is 10.2. The Morgan fingerprint density at radius 2 is 2.15 bits per heavy atom. The van der Waals surface area contributed by atoms with E-state index in [1.165, 1.54) is 13.2 Å². The number of hydrogen-bond donors (Lipinski definition) is 1. The molecule has 0 radical (unpaired) electrons. The Hall–Kier alpha value is -0.930. The van der Waals surface area contributed by atoms with Crippen molar-refractivity contribution in [2.75, 3.05) is 7.11 Å². The van der Waals surface area contributed by atoms with E-state index in [1.807, 2.05) is 0 Å². The molecule has 0 spiro atoms. The lowest BCUT2D eigenvalue weighted by Crippen LogP contribution is -2.00. The van der Waals surface area contributed by atoms with Crippen LogP contribution in [-0.2, 0) is 0 Å². The smallest absolute Gasteiger partial charge is 0.339 e. The first-order valence-corrected chi connectivity index (χ1v) is 3.60. The normalized spacial score (nSPS) is 8.77. The molecule has 0 saturated carbocycles. The first kappa shape index (κ1) is 12.1. The number of carboxylic acid groups (broad SMARTS) is 1. The number of carbonyl (C=O) groups is 1. The fourth-order valence-electron chi connectivity index (χ4n) is 0.885. The van der Waals surface area contributed by atoms with Crippen molar-refractivity contribution < 1.29 is 14.6 Å². The standard InChI is InChI=1S/C8H7ClO3.ClH/c1-12-7-5(8(10)11)3-2-4-6(7)9;/h2-4H,1H3,(H,10,11);1H. The highest BCUT2D eigenvalue weighted by Gasteiger charge is 2.12. The van der Waals surface area contributed by atoms with E-state index < -0.39 is 5.97 Å². The molecule has 0 saturated heterocycles. The van der Waals surface area contributed by atoms with Gasteiger partial charge >= 0.3 is 5.97 Å². The molecule has 0 unspecified atom stereocenters. The summed E-state index contributed by atoms with van der Waals surface area (Å²) in [5.74, 6) is -0.846. The molecular formula is C8H8Cl2O3. The number of benzene rings is 1. The molecule has 1 aromatic carbocycles. The van der Waals surface area contributed by atoms with E-state index in [4.69, 9.17) is 21.4 Å². The van der Waals surface area contributed by atoms with Crippen molar-refractivity contribution in [2.45, 2.75) is 0 Å². The van der Waals surface area contributed by atoms with Crippen LogP contribution in [-0.4, -0.2) is 18.2 Å². The molecule has 0 atom stereocenters. The fourth-order valence-corrected chi connectivity index (χ4v) is 1.14. The molecule has 5 heteroatoms. The van der Waals surface area contributed by atoms with E-state index in [1.54, 1.807) is 12.1 Å².